The largest absolute Gasteiger partial charge is 0.497 e. The van der Waals surface area contributed by atoms with Gasteiger partial charge in [-0.05, 0) is 49.2 Å². The summed E-state index contributed by atoms with van der Waals surface area (Å²) in [5.74, 6) is 2.51. The zero-order valence-electron chi connectivity index (χ0n) is 13.5. The maximum absolute atomic E-state index is 5.74. The second-order valence-electron chi connectivity index (χ2n) is 5.88. The third-order valence-electron chi connectivity index (χ3n) is 4.38. The summed E-state index contributed by atoms with van der Waals surface area (Å²) in [4.78, 5) is 2.37. The smallest absolute Gasteiger partial charge is 0.283 e. The first-order valence-corrected chi connectivity index (χ1v) is 8.08. The van der Waals surface area contributed by atoms with Crippen molar-refractivity contribution in [2.24, 2.45) is 0 Å². The maximum atomic E-state index is 5.74. The number of benzene rings is 1. The summed E-state index contributed by atoms with van der Waals surface area (Å²) >= 11 is 0. The summed E-state index contributed by atoms with van der Waals surface area (Å²) in [6, 6.07) is 12.2. The van der Waals surface area contributed by atoms with Crippen LogP contribution in [-0.2, 0) is 6.54 Å². The summed E-state index contributed by atoms with van der Waals surface area (Å²) in [6.07, 6.45) is 3.87. The van der Waals surface area contributed by atoms with E-state index in [9.17, 15) is 0 Å². The monoisotopic (exact) mass is 325 g/mol. The number of methoxy groups -OCH3 is 1. The fraction of sp³-hybridized carbons (Fsp3) is 0.333. The van der Waals surface area contributed by atoms with Gasteiger partial charge in [-0.3, -0.25) is 4.90 Å². The molecule has 0 saturated carbocycles. The van der Waals surface area contributed by atoms with Crippen molar-refractivity contribution in [1.82, 2.24) is 15.1 Å². The Kier molecular flexibility index (Phi) is 4.04. The summed E-state index contributed by atoms with van der Waals surface area (Å²) in [6.45, 7) is 1.65. The second-order valence-corrected chi connectivity index (χ2v) is 5.88. The molecule has 1 saturated heterocycles. The molecule has 24 heavy (non-hydrogen) atoms. The molecule has 0 N–H and O–H groups in total. The van der Waals surface area contributed by atoms with E-state index in [1.165, 1.54) is 5.56 Å². The van der Waals surface area contributed by atoms with Gasteiger partial charge in [0, 0.05) is 6.04 Å². The number of likely N-dealkylation sites (tertiary alicyclic amines) is 1. The normalized spacial score (nSPS) is 18.1. The molecule has 124 valence electrons. The van der Waals surface area contributed by atoms with Gasteiger partial charge >= 0.3 is 0 Å². The van der Waals surface area contributed by atoms with Gasteiger partial charge in [-0.25, -0.2) is 0 Å². The van der Waals surface area contributed by atoms with Gasteiger partial charge in [-0.15, -0.1) is 10.2 Å². The number of hydrogen-bond donors (Lipinski definition) is 0. The lowest BCUT2D eigenvalue weighted by atomic mass is 10.0. The molecule has 1 atom stereocenters. The quantitative estimate of drug-likeness (QED) is 0.713. The molecule has 1 fully saturated rings. The lowest BCUT2D eigenvalue weighted by Gasteiger charge is -2.23. The van der Waals surface area contributed by atoms with E-state index < -0.39 is 0 Å². The summed E-state index contributed by atoms with van der Waals surface area (Å²) in [7, 11) is 1.69. The van der Waals surface area contributed by atoms with Gasteiger partial charge in [0.1, 0.15) is 5.75 Å². The molecule has 3 heterocycles. The van der Waals surface area contributed by atoms with Crippen molar-refractivity contribution < 1.29 is 13.6 Å². The summed E-state index contributed by atoms with van der Waals surface area (Å²) < 4.78 is 16.4. The highest BCUT2D eigenvalue weighted by atomic mass is 16.5. The molecular weight excluding hydrogens is 306 g/mol. The van der Waals surface area contributed by atoms with Gasteiger partial charge in [0.15, 0.2) is 5.76 Å². The number of rotatable bonds is 5. The minimum absolute atomic E-state index is 0.346. The zero-order chi connectivity index (χ0) is 16.4. The van der Waals surface area contributed by atoms with Crippen molar-refractivity contribution in [2.45, 2.75) is 25.4 Å². The van der Waals surface area contributed by atoms with Gasteiger partial charge in [-0.1, -0.05) is 12.1 Å². The molecule has 1 aromatic carbocycles. The molecule has 0 bridgehead atoms. The van der Waals surface area contributed by atoms with E-state index in [-0.39, 0.29) is 0 Å². The van der Waals surface area contributed by atoms with Crippen LogP contribution in [0.1, 0.15) is 30.3 Å². The topological polar surface area (TPSA) is 64.5 Å². The highest BCUT2D eigenvalue weighted by Crippen LogP contribution is 2.34. The van der Waals surface area contributed by atoms with Gasteiger partial charge in [-0.2, -0.15) is 0 Å². The van der Waals surface area contributed by atoms with Crippen molar-refractivity contribution in [3.8, 4) is 17.4 Å². The number of furan rings is 1. The minimum atomic E-state index is 0.346. The molecule has 6 nitrogen and oxygen atoms in total. The molecule has 0 amide bonds. The Morgan fingerprint density at radius 2 is 2.21 bits per heavy atom. The zero-order valence-corrected chi connectivity index (χ0v) is 13.5. The summed E-state index contributed by atoms with van der Waals surface area (Å²) in [5, 5.41) is 8.22. The fourth-order valence-corrected chi connectivity index (χ4v) is 3.23. The first-order chi connectivity index (χ1) is 11.8. The Morgan fingerprint density at radius 1 is 1.25 bits per heavy atom. The number of nitrogens with zero attached hydrogens (tertiary/aromatic N) is 3. The number of ether oxygens (including phenoxy) is 1. The molecule has 3 aromatic rings. The van der Waals surface area contributed by atoms with Crippen LogP contribution in [0.3, 0.4) is 0 Å². The van der Waals surface area contributed by atoms with Crippen LogP contribution in [0.25, 0.3) is 11.7 Å². The molecular formula is C18H19N3O3. The average molecular weight is 325 g/mol. The highest BCUT2D eigenvalue weighted by Gasteiger charge is 2.28. The van der Waals surface area contributed by atoms with Crippen LogP contribution in [0.4, 0.5) is 0 Å². The second kappa shape index (κ2) is 6.49. The van der Waals surface area contributed by atoms with E-state index >= 15 is 0 Å². The van der Waals surface area contributed by atoms with Crippen LogP contribution in [0, 0.1) is 0 Å². The van der Waals surface area contributed by atoms with Crippen molar-refractivity contribution in [3.05, 3.63) is 54.1 Å². The van der Waals surface area contributed by atoms with E-state index in [2.05, 4.69) is 27.2 Å². The predicted molar refractivity (Wildman–Crippen MR) is 87.4 cm³/mol. The Bertz CT molecular complexity index is 797. The van der Waals surface area contributed by atoms with Gasteiger partial charge in [0.25, 0.3) is 5.89 Å². The molecule has 2 aromatic heterocycles. The fourth-order valence-electron chi connectivity index (χ4n) is 3.23. The lowest BCUT2D eigenvalue weighted by Crippen LogP contribution is -2.23. The van der Waals surface area contributed by atoms with Crippen LogP contribution < -0.4 is 4.74 Å². The Labute approximate surface area is 140 Å². The van der Waals surface area contributed by atoms with Crippen LogP contribution in [0.15, 0.2) is 51.5 Å². The predicted octanol–water partition coefficient (Wildman–Crippen LogP) is 3.68. The van der Waals surface area contributed by atoms with Crippen molar-refractivity contribution >= 4 is 0 Å². The molecule has 0 aliphatic carbocycles. The third-order valence-corrected chi connectivity index (χ3v) is 4.38. The molecule has 4 rings (SSSR count). The number of aromatic nitrogens is 2. The Hall–Kier alpha value is -2.60. The highest BCUT2D eigenvalue weighted by molar-refractivity contribution is 5.42. The van der Waals surface area contributed by atoms with E-state index in [0.29, 0.717) is 30.1 Å². The summed E-state index contributed by atoms with van der Waals surface area (Å²) in [5.41, 5.74) is 1.26. The van der Waals surface area contributed by atoms with E-state index in [1.54, 1.807) is 19.4 Å². The SMILES string of the molecule is COc1cccc(C2CCCN2Cc2nnc(-c3ccco3)o2)c1. The van der Waals surface area contributed by atoms with E-state index in [0.717, 1.165) is 25.1 Å². The first-order valence-electron chi connectivity index (χ1n) is 8.08. The Morgan fingerprint density at radius 3 is 3.04 bits per heavy atom. The Balaban J connectivity index is 1.51. The number of hydrogen-bond acceptors (Lipinski definition) is 6. The standard InChI is InChI=1S/C18H19N3O3/c1-22-14-6-2-5-13(11-14)15-7-3-9-21(15)12-17-19-20-18(24-17)16-8-4-10-23-16/h2,4-6,8,10-11,15H,3,7,9,12H2,1H3. The van der Waals surface area contributed by atoms with Crippen LogP contribution in [0.5, 0.6) is 5.75 Å². The molecule has 0 spiro atoms. The molecule has 1 aliphatic heterocycles. The third kappa shape index (κ3) is 2.92. The van der Waals surface area contributed by atoms with Gasteiger partial charge in [0.2, 0.25) is 5.89 Å². The molecule has 6 heteroatoms. The van der Waals surface area contributed by atoms with Crippen molar-refractivity contribution in [2.75, 3.05) is 13.7 Å². The van der Waals surface area contributed by atoms with Crippen molar-refractivity contribution in [3.63, 3.8) is 0 Å². The first kappa shape index (κ1) is 15.0. The lowest BCUT2D eigenvalue weighted by molar-refractivity contribution is 0.223. The van der Waals surface area contributed by atoms with Crippen LogP contribution >= 0.6 is 0 Å². The van der Waals surface area contributed by atoms with Crippen LogP contribution in [0.2, 0.25) is 0 Å². The van der Waals surface area contributed by atoms with Gasteiger partial charge in [0.05, 0.1) is 19.9 Å². The molecule has 1 aliphatic rings. The van der Waals surface area contributed by atoms with E-state index in [1.807, 2.05) is 18.2 Å². The van der Waals surface area contributed by atoms with Crippen LogP contribution in [-0.4, -0.2) is 28.8 Å². The van der Waals surface area contributed by atoms with E-state index in [4.69, 9.17) is 13.6 Å². The van der Waals surface area contributed by atoms with Crippen molar-refractivity contribution in [1.29, 1.82) is 0 Å². The molecule has 0 radical (unpaired) electrons. The minimum Gasteiger partial charge on any atom is -0.497 e. The molecule has 1 unspecified atom stereocenters. The van der Waals surface area contributed by atoms with Gasteiger partial charge < -0.3 is 13.6 Å². The average Bonchev–Trinajstić information content (AvgIpc) is 3.36. The maximum Gasteiger partial charge on any atom is 0.283 e.